The van der Waals surface area contributed by atoms with Crippen LogP contribution in [0.4, 0.5) is 0 Å². The van der Waals surface area contributed by atoms with Gasteiger partial charge in [-0.25, -0.2) is 0 Å². The topological polar surface area (TPSA) is 21.3 Å². The van der Waals surface area contributed by atoms with Crippen LogP contribution in [0.25, 0.3) is 0 Å². The van der Waals surface area contributed by atoms with Crippen molar-refractivity contribution in [3.63, 3.8) is 0 Å². The van der Waals surface area contributed by atoms with Gasteiger partial charge < -0.3 is 10.1 Å². The largest absolute Gasteiger partial charge is 0.497 e. The SMILES string of the molecule is CCC(NC1CCc2ccc(OC)cc2C1)C(C)C. The highest BCUT2D eigenvalue weighted by Crippen LogP contribution is 2.26. The molecule has 2 nitrogen and oxygen atoms in total. The zero-order chi connectivity index (χ0) is 13.8. The van der Waals surface area contributed by atoms with Crippen molar-refractivity contribution in [3.8, 4) is 5.75 Å². The Labute approximate surface area is 117 Å². The molecule has 0 heterocycles. The average molecular weight is 261 g/mol. The van der Waals surface area contributed by atoms with E-state index in [1.165, 1.54) is 30.4 Å². The van der Waals surface area contributed by atoms with Gasteiger partial charge in [0.25, 0.3) is 0 Å². The van der Waals surface area contributed by atoms with Crippen molar-refractivity contribution in [2.75, 3.05) is 7.11 Å². The van der Waals surface area contributed by atoms with Crippen LogP contribution in [-0.2, 0) is 12.8 Å². The van der Waals surface area contributed by atoms with Crippen LogP contribution in [0.15, 0.2) is 18.2 Å². The van der Waals surface area contributed by atoms with Gasteiger partial charge in [-0.3, -0.25) is 0 Å². The Hall–Kier alpha value is -1.02. The van der Waals surface area contributed by atoms with Crippen molar-refractivity contribution >= 4 is 0 Å². The first kappa shape index (κ1) is 14.4. The molecule has 0 radical (unpaired) electrons. The summed E-state index contributed by atoms with van der Waals surface area (Å²) in [7, 11) is 1.74. The number of hydrogen-bond donors (Lipinski definition) is 1. The van der Waals surface area contributed by atoms with Gasteiger partial charge in [-0.2, -0.15) is 0 Å². The van der Waals surface area contributed by atoms with Gasteiger partial charge in [0.1, 0.15) is 5.75 Å². The highest BCUT2D eigenvalue weighted by molar-refractivity contribution is 5.37. The van der Waals surface area contributed by atoms with Crippen LogP contribution in [-0.4, -0.2) is 19.2 Å². The van der Waals surface area contributed by atoms with Crippen LogP contribution in [0.1, 0.15) is 44.7 Å². The molecule has 106 valence electrons. The second-order valence-electron chi connectivity index (χ2n) is 6.00. The van der Waals surface area contributed by atoms with Gasteiger partial charge in [0.15, 0.2) is 0 Å². The lowest BCUT2D eigenvalue weighted by molar-refractivity contribution is 0.324. The molecule has 2 heteroatoms. The maximum atomic E-state index is 5.34. The molecule has 0 saturated heterocycles. The van der Waals surface area contributed by atoms with E-state index >= 15 is 0 Å². The molecule has 2 unspecified atom stereocenters. The molecule has 19 heavy (non-hydrogen) atoms. The lowest BCUT2D eigenvalue weighted by atomic mass is 9.87. The number of benzene rings is 1. The maximum absolute atomic E-state index is 5.34. The Kier molecular flexibility index (Phi) is 4.87. The van der Waals surface area contributed by atoms with Crippen molar-refractivity contribution in [3.05, 3.63) is 29.3 Å². The van der Waals surface area contributed by atoms with Crippen molar-refractivity contribution in [2.45, 2.75) is 58.5 Å². The molecule has 2 rings (SSSR count). The number of methoxy groups -OCH3 is 1. The quantitative estimate of drug-likeness (QED) is 0.875. The minimum absolute atomic E-state index is 0.618. The minimum atomic E-state index is 0.618. The van der Waals surface area contributed by atoms with Crippen LogP contribution in [0.2, 0.25) is 0 Å². The standard InChI is InChI=1S/C17H27NO/c1-5-17(12(2)3)18-15-8-6-13-7-9-16(19-4)11-14(13)10-15/h7,9,11-12,15,17-18H,5-6,8,10H2,1-4H3. The molecule has 0 bridgehead atoms. The van der Waals surface area contributed by atoms with Gasteiger partial charge in [-0.05, 0) is 54.9 Å². The van der Waals surface area contributed by atoms with Gasteiger partial charge in [-0.15, -0.1) is 0 Å². The van der Waals surface area contributed by atoms with Crippen molar-refractivity contribution in [1.82, 2.24) is 5.32 Å². The summed E-state index contributed by atoms with van der Waals surface area (Å²) in [4.78, 5) is 0. The van der Waals surface area contributed by atoms with E-state index in [4.69, 9.17) is 4.74 Å². The zero-order valence-corrected chi connectivity index (χ0v) is 12.7. The van der Waals surface area contributed by atoms with Gasteiger partial charge in [0, 0.05) is 12.1 Å². The van der Waals surface area contributed by atoms with Crippen LogP contribution in [0.5, 0.6) is 5.75 Å². The molecular weight excluding hydrogens is 234 g/mol. The van der Waals surface area contributed by atoms with E-state index in [9.17, 15) is 0 Å². The monoisotopic (exact) mass is 261 g/mol. The van der Waals surface area contributed by atoms with E-state index in [1.807, 2.05) is 0 Å². The fourth-order valence-electron chi connectivity index (χ4n) is 3.09. The van der Waals surface area contributed by atoms with E-state index in [-0.39, 0.29) is 0 Å². The first-order valence-corrected chi connectivity index (χ1v) is 7.55. The molecule has 0 amide bonds. The van der Waals surface area contributed by atoms with E-state index in [0.717, 1.165) is 12.2 Å². The second-order valence-corrected chi connectivity index (χ2v) is 6.00. The van der Waals surface area contributed by atoms with Gasteiger partial charge in [-0.1, -0.05) is 26.8 Å². The summed E-state index contributed by atoms with van der Waals surface area (Å²) < 4.78 is 5.34. The molecule has 0 aliphatic heterocycles. The van der Waals surface area contributed by atoms with Crippen molar-refractivity contribution in [1.29, 1.82) is 0 Å². The molecule has 1 aromatic rings. The summed E-state index contributed by atoms with van der Waals surface area (Å²) in [6.07, 6.45) is 4.78. The molecule has 1 aliphatic carbocycles. The molecule has 2 atom stereocenters. The first-order chi connectivity index (χ1) is 9.13. The first-order valence-electron chi connectivity index (χ1n) is 7.55. The molecule has 0 aromatic heterocycles. The highest BCUT2D eigenvalue weighted by atomic mass is 16.5. The van der Waals surface area contributed by atoms with Gasteiger partial charge >= 0.3 is 0 Å². The third-order valence-electron chi connectivity index (χ3n) is 4.34. The predicted octanol–water partition coefficient (Wildman–Crippen LogP) is 3.58. The number of ether oxygens (including phenoxy) is 1. The average Bonchev–Trinajstić information content (AvgIpc) is 2.43. The van der Waals surface area contributed by atoms with Crippen LogP contribution >= 0.6 is 0 Å². The van der Waals surface area contributed by atoms with E-state index in [2.05, 4.69) is 44.3 Å². The Morgan fingerprint density at radius 2 is 2.11 bits per heavy atom. The van der Waals surface area contributed by atoms with Crippen LogP contribution in [0, 0.1) is 5.92 Å². The normalized spacial score (nSPS) is 20.2. The summed E-state index contributed by atoms with van der Waals surface area (Å²) >= 11 is 0. The number of nitrogens with one attached hydrogen (secondary N) is 1. The third kappa shape index (κ3) is 3.50. The van der Waals surface area contributed by atoms with E-state index in [1.54, 1.807) is 7.11 Å². The number of fused-ring (bicyclic) bond motifs is 1. The lowest BCUT2D eigenvalue weighted by Crippen LogP contribution is -2.43. The zero-order valence-electron chi connectivity index (χ0n) is 12.7. The Bertz CT molecular complexity index is 414. The Morgan fingerprint density at radius 1 is 1.32 bits per heavy atom. The fourth-order valence-corrected chi connectivity index (χ4v) is 3.09. The number of rotatable bonds is 5. The fraction of sp³-hybridized carbons (Fsp3) is 0.647. The van der Waals surface area contributed by atoms with Crippen molar-refractivity contribution in [2.24, 2.45) is 5.92 Å². The molecule has 1 aliphatic rings. The minimum Gasteiger partial charge on any atom is -0.497 e. The maximum Gasteiger partial charge on any atom is 0.119 e. The second kappa shape index (κ2) is 6.42. The van der Waals surface area contributed by atoms with Gasteiger partial charge in [0.2, 0.25) is 0 Å². The smallest absolute Gasteiger partial charge is 0.119 e. The number of hydrogen-bond acceptors (Lipinski definition) is 2. The Balaban J connectivity index is 2.04. The molecule has 1 aromatic carbocycles. The molecule has 0 saturated carbocycles. The summed E-state index contributed by atoms with van der Waals surface area (Å²) in [5.41, 5.74) is 2.96. The highest BCUT2D eigenvalue weighted by Gasteiger charge is 2.22. The lowest BCUT2D eigenvalue weighted by Gasteiger charge is -2.31. The summed E-state index contributed by atoms with van der Waals surface area (Å²) in [6.45, 7) is 6.89. The predicted molar refractivity (Wildman–Crippen MR) is 80.9 cm³/mol. The molecular formula is C17H27NO. The molecule has 0 fully saturated rings. The molecule has 1 N–H and O–H groups in total. The van der Waals surface area contributed by atoms with Crippen LogP contribution < -0.4 is 10.1 Å². The summed E-state index contributed by atoms with van der Waals surface area (Å²) in [5.74, 6) is 1.69. The van der Waals surface area contributed by atoms with E-state index < -0.39 is 0 Å². The number of aryl methyl sites for hydroxylation is 1. The molecule has 0 spiro atoms. The Morgan fingerprint density at radius 3 is 2.74 bits per heavy atom. The third-order valence-corrected chi connectivity index (χ3v) is 4.34. The van der Waals surface area contributed by atoms with Gasteiger partial charge in [0.05, 0.1) is 7.11 Å². The van der Waals surface area contributed by atoms with E-state index in [0.29, 0.717) is 18.0 Å². The summed E-state index contributed by atoms with van der Waals surface area (Å²) in [6, 6.07) is 7.77. The van der Waals surface area contributed by atoms with Crippen LogP contribution in [0.3, 0.4) is 0 Å². The summed E-state index contributed by atoms with van der Waals surface area (Å²) in [5, 5.41) is 3.84. The van der Waals surface area contributed by atoms with Crippen molar-refractivity contribution < 1.29 is 4.74 Å².